The zero-order chi connectivity index (χ0) is 16.5. The average Bonchev–Trinajstić information content (AvgIpc) is 2.83. The van der Waals surface area contributed by atoms with E-state index in [4.69, 9.17) is 7.85 Å². The minimum absolute atomic E-state index is 0.0519. The van der Waals surface area contributed by atoms with Crippen molar-refractivity contribution in [1.82, 2.24) is 0 Å². The number of fused-ring (bicyclic) bond motifs is 8. The van der Waals surface area contributed by atoms with Gasteiger partial charge in [-0.3, -0.25) is 0 Å². The summed E-state index contributed by atoms with van der Waals surface area (Å²) in [5.74, 6) is 0. The molecule has 1 heteroatoms. The summed E-state index contributed by atoms with van der Waals surface area (Å²) in [5, 5.41) is 5.35. The highest BCUT2D eigenvalue weighted by molar-refractivity contribution is 6.32. The molecule has 2 radical (unpaired) electrons. The maximum atomic E-state index is 6.11. The van der Waals surface area contributed by atoms with Gasteiger partial charge in [0.2, 0.25) is 0 Å². The van der Waals surface area contributed by atoms with Crippen molar-refractivity contribution in [2.45, 2.75) is 19.3 Å². The molecule has 1 aliphatic rings. The minimum atomic E-state index is -0.0519. The summed E-state index contributed by atoms with van der Waals surface area (Å²) in [6, 6.07) is 23.9. The summed E-state index contributed by atoms with van der Waals surface area (Å²) >= 11 is 0. The van der Waals surface area contributed by atoms with Crippen molar-refractivity contribution in [2.75, 3.05) is 0 Å². The van der Waals surface area contributed by atoms with Crippen LogP contribution in [0.2, 0.25) is 0 Å². The van der Waals surface area contributed by atoms with Gasteiger partial charge in [-0.15, -0.1) is 0 Å². The monoisotopic (exact) mass is 304 g/mol. The smallest absolute Gasteiger partial charge is 0.0963 e. The maximum Gasteiger partial charge on any atom is 0.113 e. The fourth-order valence-corrected chi connectivity index (χ4v) is 4.50. The van der Waals surface area contributed by atoms with E-state index in [0.717, 1.165) is 5.46 Å². The molecule has 0 saturated heterocycles. The van der Waals surface area contributed by atoms with Crippen LogP contribution in [0.1, 0.15) is 25.0 Å². The number of benzene rings is 4. The van der Waals surface area contributed by atoms with E-state index in [2.05, 4.69) is 74.5 Å². The van der Waals surface area contributed by atoms with Crippen LogP contribution < -0.4 is 5.46 Å². The van der Waals surface area contributed by atoms with Gasteiger partial charge in [0.15, 0.2) is 0 Å². The molecule has 24 heavy (non-hydrogen) atoms. The van der Waals surface area contributed by atoms with Gasteiger partial charge < -0.3 is 0 Å². The van der Waals surface area contributed by atoms with Crippen LogP contribution in [0.5, 0.6) is 0 Å². The van der Waals surface area contributed by atoms with Gasteiger partial charge in [-0.25, -0.2) is 0 Å². The molecule has 0 unspecified atom stereocenters. The van der Waals surface area contributed by atoms with E-state index in [0.29, 0.717) is 0 Å². The predicted molar refractivity (Wildman–Crippen MR) is 104 cm³/mol. The third kappa shape index (κ3) is 1.60. The molecule has 0 fully saturated rings. The molecule has 0 nitrogen and oxygen atoms in total. The maximum absolute atomic E-state index is 6.11. The second-order valence-electron chi connectivity index (χ2n) is 7.27. The van der Waals surface area contributed by atoms with Crippen LogP contribution in [-0.4, -0.2) is 7.85 Å². The molecule has 0 amide bonds. The van der Waals surface area contributed by atoms with Crippen LogP contribution in [0.15, 0.2) is 66.7 Å². The van der Waals surface area contributed by atoms with Gasteiger partial charge in [-0.2, -0.15) is 0 Å². The fraction of sp³-hybridized carbons (Fsp3) is 0.130. The average molecular weight is 304 g/mol. The van der Waals surface area contributed by atoms with Crippen molar-refractivity contribution in [3.8, 4) is 11.1 Å². The third-order valence-electron chi connectivity index (χ3n) is 5.54. The van der Waals surface area contributed by atoms with Crippen molar-refractivity contribution in [2.24, 2.45) is 0 Å². The second-order valence-corrected chi connectivity index (χ2v) is 7.27. The Balaban J connectivity index is 2.10. The normalized spacial score (nSPS) is 14.8. The number of hydrogen-bond acceptors (Lipinski definition) is 0. The first-order valence-electron chi connectivity index (χ1n) is 8.43. The Hall–Kier alpha value is -2.54. The first kappa shape index (κ1) is 13.9. The summed E-state index contributed by atoms with van der Waals surface area (Å²) in [7, 11) is 6.11. The molecule has 0 spiro atoms. The van der Waals surface area contributed by atoms with Crippen LogP contribution >= 0.6 is 0 Å². The Morgan fingerprint density at radius 2 is 1.29 bits per heavy atom. The van der Waals surface area contributed by atoms with Gasteiger partial charge in [0.1, 0.15) is 7.85 Å². The van der Waals surface area contributed by atoms with Crippen LogP contribution in [0.25, 0.3) is 32.7 Å². The van der Waals surface area contributed by atoms with Crippen LogP contribution in [-0.2, 0) is 5.41 Å². The molecule has 1 aliphatic carbocycles. The fourth-order valence-electron chi connectivity index (χ4n) is 4.50. The van der Waals surface area contributed by atoms with Crippen molar-refractivity contribution in [3.05, 3.63) is 77.9 Å². The largest absolute Gasteiger partial charge is 0.113 e. The molecular formula is C23H17B. The molecule has 4 aromatic rings. The lowest BCUT2D eigenvalue weighted by molar-refractivity contribution is 0.667. The molecule has 0 aliphatic heterocycles. The van der Waals surface area contributed by atoms with E-state index in [1.165, 1.54) is 43.8 Å². The lowest BCUT2D eigenvalue weighted by Crippen LogP contribution is -2.17. The Kier molecular flexibility index (Phi) is 2.61. The molecule has 5 rings (SSSR count). The zero-order valence-electron chi connectivity index (χ0n) is 13.9. The van der Waals surface area contributed by atoms with Crippen LogP contribution in [0, 0.1) is 0 Å². The van der Waals surface area contributed by atoms with E-state index >= 15 is 0 Å². The lowest BCUT2D eigenvalue weighted by Gasteiger charge is -2.24. The molecule has 0 heterocycles. The van der Waals surface area contributed by atoms with Crippen molar-refractivity contribution in [1.29, 1.82) is 0 Å². The molecule has 4 aromatic carbocycles. The van der Waals surface area contributed by atoms with Crippen molar-refractivity contribution >= 4 is 34.9 Å². The SMILES string of the molecule is [B]c1ccc2c(c1)C(C)(C)c1c-2c2ccccc2c2ccccc12. The van der Waals surface area contributed by atoms with E-state index in [9.17, 15) is 0 Å². The summed E-state index contributed by atoms with van der Waals surface area (Å²) in [4.78, 5) is 0. The first-order valence-corrected chi connectivity index (χ1v) is 8.43. The predicted octanol–water partition coefficient (Wildman–Crippen LogP) is 5.09. The summed E-state index contributed by atoms with van der Waals surface area (Å²) in [6.07, 6.45) is 0. The number of hydrogen-bond donors (Lipinski definition) is 0. The minimum Gasteiger partial charge on any atom is -0.0963 e. The van der Waals surface area contributed by atoms with Gasteiger partial charge in [0, 0.05) is 5.41 Å². The van der Waals surface area contributed by atoms with Gasteiger partial charge >= 0.3 is 0 Å². The van der Waals surface area contributed by atoms with Gasteiger partial charge in [0.05, 0.1) is 0 Å². The van der Waals surface area contributed by atoms with Crippen molar-refractivity contribution in [3.63, 3.8) is 0 Å². The van der Waals surface area contributed by atoms with E-state index in [1.54, 1.807) is 0 Å². The van der Waals surface area contributed by atoms with Gasteiger partial charge in [0.25, 0.3) is 0 Å². The second kappa shape index (κ2) is 4.51. The number of rotatable bonds is 0. The van der Waals surface area contributed by atoms with E-state index in [-0.39, 0.29) is 5.41 Å². The highest BCUT2D eigenvalue weighted by atomic mass is 14.4. The Labute approximate surface area is 143 Å². The van der Waals surface area contributed by atoms with Crippen LogP contribution in [0.4, 0.5) is 0 Å². The molecule has 112 valence electrons. The standard InChI is InChI=1S/C23H17B/c1-23(2)20-13-14(24)11-12-19(20)21-17-9-5-3-7-15(17)16-8-4-6-10-18(16)22(21)23/h3-13H,1-2H3. The topological polar surface area (TPSA) is 0 Å². The Bertz CT molecular complexity index is 1140. The van der Waals surface area contributed by atoms with E-state index < -0.39 is 0 Å². The Morgan fingerprint density at radius 1 is 0.708 bits per heavy atom. The first-order chi connectivity index (χ1) is 11.6. The molecule has 0 saturated carbocycles. The zero-order valence-corrected chi connectivity index (χ0v) is 13.9. The highest BCUT2D eigenvalue weighted by Gasteiger charge is 2.38. The molecule has 0 aromatic heterocycles. The summed E-state index contributed by atoms with van der Waals surface area (Å²) in [5.41, 5.74) is 6.25. The van der Waals surface area contributed by atoms with Crippen molar-refractivity contribution < 1.29 is 0 Å². The third-order valence-corrected chi connectivity index (χ3v) is 5.54. The summed E-state index contributed by atoms with van der Waals surface area (Å²) in [6.45, 7) is 4.64. The van der Waals surface area contributed by atoms with Gasteiger partial charge in [-0.05, 0) is 43.8 Å². The van der Waals surface area contributed by atoms with Gasteiger partial charge in [-0.1, -0.05) is 86.0 Å². The molecule has 0 N–H and O–H groups in total. The summed E-state index contributed by atoms with van der Waals surface area (Å²) < 4.78 is 0. The molecule has 0 bridgehead atoms. The Morgan fingerprint density at radius 3 is 2.00 bits per heavy atom. The molecular weight excluding hydrogens is 287 g/mol. The quantitative estimate of drug-likeness (QED) is 0.313. The highest BCUT2D eigenvalue weighted by Crippen LogP contribution is 2.53. The van der Waals surface area contributed by atoms with E-state index in [1.807, 2.05) is 6.07 Å². The molecule has 0 atom stereocenters. The lowest BCUT2D eigenvalue weighted by atomic mass is 9.78. The van der Waals surface area contributed by atoms with Crippen LogP contribution in [0.3, 0.4) is 0 Å².